The predicted molar refractivity (Wildman–Crippen MR) is 136 cm³/mol. The lowest BCUT2D eigenvalue weighted by Crippen LogP contribution is -2.58. The van der Waals surface area contributed by atoms with Crippen molar-refractivity contribution < 1.29 is 19.1 Å². The summed E-state index contributed by atoms with van der Waals surface area (Å²) in [6.07, 6.45) is 7.33. The number of benzene rings is 1. The molecule has 8 heteroatoms. The number of hydrogen-bond donors (Lipinski definition) is 3. The average Bonchev–Trinajstić information content (AvgIpc) is 2.75. The van der Waals surface area contributed by atoms with Crippen LogP contribution in [0.3, 0.4) is 0 Å². The Labute approximate surface area is 208 Å². The molecule has 2 saturated carbocycles. The van der Waals surface area contributed by atoms with E-state index in [9.17, 15) is 14.4 Å². The van der Waals surface area contributed by atoms with Crippen molar-refractivity contribution in [1.82, 2.24) is 15.5 Å². The van der Waals surface area contributed by atoms with Gasteiger partial charge in [-0.05, 0) is 58.4 Å². The van der Waals surface area contributed by atoms with Gasteiger partial charge < -0.3 is 20.3 Å². The second kappa shape index (κ2) is 12.0. The fraction of sp³-hybridized carbons (Fsp3) is 0.654. The van der Waals surface area contributed by atoms with Crippen molar-refractivity contribution in [3.8, 4) is 0 Å². The van der Waals surface area contributed by atoms with Crippen molar-refractivity contribution in [2.45, 2.75) is 102 Å². The van der Waals surface area contributed by atoms with E-state index in [2.05, 4.69) is 23.3 Å². The van der Waals surface area contributed by atoms with Crippen LogP contribution in [0.15, 0.2) is 30.3 Å². The van der Waals surface area contributed by atoms with E-state index in [4.69, 9.17) is 4.74 Å². The molecule has 2 aliphatic carbocycles. The number of carbonyl (C=O) groups is 3. The quantitative estimate of drug-likeness (QED) is 0.473. The Morgan fingerprint density at radius 1 is 1.03 bits per heavy atom. The molecule has 2 atom stereocenters. The minimum absolute atomic E-state index is 0.0577. The third-order valence-electron chi connectivity index (χ3n) is 6.49. The molecule has 2 N–H and O–H groups in total. The molecule has 0 aromatic heterocycles. The van der Waals surface area contributed by atoms with Gasteiger partial charge in [-0.2, -0.15) is 12.6 Å². The number of hydrogen-bond acceptors (Lipinski definition) is 5. The molecule has 2 fully saturated rings. The van der Waals surface area contributed by atoms with Crippen molar-refractivity contribution in [2.24, 2.45) is 0 Å². The minimum atomic E-state index is -0.896. The average molecular weight is 490 g/mol. The summed E-state index contributed by atoms with van der Waals surface area (Å²) < 4.78 is 5.36. The zero-order valence-corrected chi connectivity index (χ0v) is 21.5. The number of thiol groups is 1. The molecule has 34 heavy (non-hydrogen) atoms. The number of nitrogens with zero attached hydrogens (tertiary/aromatic N) is 1. The Balaban J connectivity index is 1.87. The lowest BCUT2D eigenvalue weighted by molar-refractivity contribution is -0.147. The Morgan fingerprint density at radius 3 is 2.21 bits per heavy atom. The van der Waals surface area contributed by atoms with Crippen LogP contribution < -0.4 is 10.6 Å². The number of rotatable bonds is 8. The van der Waals surface area contributed by atoms with Gasteiger partial charge in [0.1, 0.15) is 17.7 Å². The number of nitrogens with one attached hydrogen (secondary N) is 2. The third kappa shape index (κ3) is 7.14. The normalized spacial score (nSPS) is 18.8. The first-order valence-electron chi connectivity index (χ1n) is 12.5. The van der Waals surface area contributed by atoms with Crippen molar-refractivity contribution in [2.75, 3.05) is 5.75 Å². The molecule has 188 valence electrons. The van der Waals surface area contributed by atoms with Crippen LogP contribution in [-0.4, -0.2) is 52.3 Å². The summed E-state index contributed by atoms with van der Waals surface area (Å²) >= 11 is 4.35. The summed E-state index contributed by atoms with van der Waals surface area (Å²) in [5.74, 6) is -0.362. The monoisotopic (exact) mass is 489 g/mol. The van der Waals surface area contributed by atoms with Crippen LogP contribution in [0.5, 0.6) is 0 Å². The van der Waals surface area contributed by atoms with E-state index in [1.165, 1.54) is 6.42 Å². The lowest BCUT2D eigenvalue weighted by atomic mass is 9.88. The second-order valence-corrected chi connectivity index (χ2v) is 10.7. The van der Waals surface area contributed by atoms with Gasteiger partial charge in [0, 0.05) is 17.8 Å². The van der Waals surface area contributed by atoms with E-state index in [-0.39, 0.29) is 29.7 Å². The van der Waals surface area contributed by atoms with Gasteiger partial charge in [0.15, 0.2) is 0 Å². The summed E-state index contributed by atoms with van der Waals surface area (Å²) in [4.78, 5) is 41.7. The summed E-state index contributed by atoms with van der Waals surface area (Å²) in [6, 6.07) is 7.86. The van der Waals surface area contributed by atoms with Crippen LogP contribution in [0.4, 0.5) is 4.79 Å². The molecule has 7 nitrogen and oxygen atoms in total. The highest BCUT2D eigenvalue weighted by atomic mass is 32.1. The molecular weight excluding hydrogens is 450 g/mol. The van der Waals surface area contributed by atoms with Gasteiger partial charge in [0.05, 0.1) is 0 Å². The first kappa shape index (κ1) is 26.4. The Kier molecular flexibility index (Phi) is 9.28. The zero-order chi connectivity index (χ0) is 24.7. The first-order valence-corrected chi connectivity index (χ1v) is 13.1. The highest BCUT2D eigenvalue weighted by molar-refractivity contribution is 7.80. The highest BCUT2D eigenvalue weighted by Crippen LogP contribution is 2.34. The van der Waals surface area contributed by atoms with Crippen molar-refractivity contribution >= 4 is 30.5 Å². The van der Waals surface area contributed by atoms with Gasteiger partial charge in [0.2, 0.25) is 11.8 Å². The molecule has 0 radical (unpaired) electrons. The fourth-order valence-electron chi connectivity index (χ4n) is 4.60. The van der Waals surface area contributed by atoms with E-state index in [0.717, 1.165) is 50.5 Å². The standard InChI is InChI=1S/C26H39N3O4S/c1-26(2,3)33-25(32)28-21(17-34)24(31)29(20-15-10-16-20)22(18-11-6-4-7-12-18)23(30)27-19-13-8-5-9-14-19/h4,6-7,11-12,19-22,34H,5,8-10,13-17H2,1-3H3,(H,27,30)(H,28,32). The summed E-state index contributed by atoms with van der Waals surface area (Å²) in [5.41, 5.74) is 0.0836. The Hall–Kier alpha value is -2.22. The maximum absolute atomic E-state index is 13.8. The molecule has 2 unspecified atom stereocenters. The maximum Gasteiger partial charge on any atom is 0.408 e. The van der Waals surface area contributed by atoms with Crippen LogP contribution in [0.25, 0.3) is 0 Å². The molecule has 2 aliphatic rings. The SMILES string of the molecule is CC(C)(C)OC(=O)NC(CS)C(=O)N(C1CCC1)C(C(=O)NC1CCCCC1)c1ccccc1. The molecular formula is C26H39N3O4S. The smallest absolute Gasteiger partial charge is 0.408 e. The van der Waals surface area contributed by atoms with E-state index >= 15 is 0 Å². The van der Waals surface area contributed by atoms with E-state index in [1.54, 1.807) is 25.7 Å². The van der Waals surface area contributed by atoms with Gasteiger partial charge in [-0.1, -0.05) is 49.6 Å². The van der Waals surface area contributed by atoms with E-state index in [1.807, 2.05) is 30.3 Å². The largest absolute Gasteiger partial charge is 0.444 e. The molecule has 1 aromatic rings. The number of amides is 3. The van der Waals surface area contributed by atoms with Crippen LogP contribution in [0.2, 0.25) is 0 Å². The van der Waals surface area contributed by atoms with Crippen LogP contribution in [0.1, 0.15) is 83.7 Å². The van der Waals surface area contributed by atoms with E-state index in [0.29, 0.717) is 0 Å². The van der Waals surface area contributed by atoms with Crippen molar-refractivity contribution in [1.29, 1.82) is 0 Å². The van der Waals surface area contributed by atoms with Gasteiger partial charge in [-0.25, -0.2) is 4.79 Å². The molecule has 0 aliphatic heterocycles. The van der Waals surface area contributed by atoms with E-state index < -0.39 is 23.8 Å². The molecule has 0 bridgehead atoms. The molecule has 3 amide bonds. The minimum Gasteiger partial charge on any atom is -0.444 e. The molecule has 0 heterocycles. The zero-order valence-electron chi connectivity index (χ0n) is 20.6. The van der Waals surface area contributed by atoms with Crippen LogP contribution in [0, 0.1) is 0 Å². The van der Waals surface area contributed by atoms with Crippen molar-refractivity contribution in [3.05, 3.63) is 35.9 Å². The molecule has 0 saturated heterocycles. The lowest BCUT2D eigenvalue weighted by Gasteiger charge is -2.44. The number of ether oxygens (including phenoxy) is 1. The second-order valence-electron chi connectivity index (χ2n) is 10.4. The van der Waals surface area contributed by atoms with Crippen LogP contribution >= 0.6 is 12.6 Å². The highest BCUT2D eigenvalue weighted by Gasteiger charge is 2.42. The first-order chi connectivity index (χ1) is 16.2. The van der Waals surface area contributed by atoms with Crippen LogP contribution in [-0.2, 0) is 14.3 Å². The molecule has 3 rings (SSSR count). The van der Waals surface area contributed by atoms with Gasteiger partial charge in [0.25, 0.3) is 0 Å². The summed E-state index contributed by atoms with van der Waals surface area (Å²) in [7, 11) is 0. The summed E-state index contributed by atoms with van der Waals surface area (Å²) in [6.45, 7) is 5.31. The summed E-state index contributed by atoms with van der Waals surface area (Å²) in [5, 5.41) is 5.89. The molecule has 1 aromatic carbocycles. The van der Waals surface area contributed by atoms with Crippen molar-refractivity contribution in [3.63, 3.8) is 0 Å². The van der Waals surface area contributed by atoms with Gasteiger partial charge in [-0.3, -0.25) is 9.59 Å². The Morgan fingerprint density at radius 2 is 1.68 bits per heavy atom. The maximum atomic E-state index is 13.8. The number of alkyl carbamates (subject to hydrolysis) is 1. The Bertz CT molecular complexity index is 832. The fourth-order valence-corrected chi connectivity index (χ4v) is 4.85. The topological polar surface area (TPSA) is 87.7 Å². The third-order valence-corrected chi connectivity index (χ3v) is 6.85. The molecule has 0 spiro atoms. The predicted octanol–water partition coefficient (Wildman–Crippen LogP) is 4.38. The van der Waals surface area contributed by atoms with Gasteiger partial charge in [-0.15, -0.1) is 0 Å². The number of carbonyl (C=O) groups excluding carboxylic acids is 3. The van der Waals surface area contributed by atoms with Gasteiger partial charge >= 0.3 is 6.09 Å².